The number of hydrogen-bond acceptors (Lipinski definition) is 5. The summed E-state index contributed by atoms with van der Waals surface area (Å²) in [6.07, 6.45) is 0. The zero-order valence-corrected chi connectivity index (χ0v) is 17.4. The highest BCUT2D eigenvalue weighted by Gasteiger charge is 2.12. The lowest BCUT2D eigenvalue weighted by molar-refractivity contribution is 0.0947. The topological polar surface area (TPSA) is 54.5 Å². The Hall–Kier alpha value is -2.41. The first kappa shape index (κ1) is 20.3. The first-order chi connectivity index (χ1) is 13.5. The molecular formula is C21H22ClN3O2S. The molecule has 0 saturated heterocycles. The van der Waals surface area contributed by atoms with Crippen LogP contribution in [0.2, 0.25) is 5.02 Å². The van der Waals surface area contributed by atoms with Crippen LogP contribution in [0, 0.1) is 0 Å². The maximum absolute atomic E-state index is 12.2. The van der Waals surface area contributed by atoms with Gasteiger partial charge in [-0.3, -0.25) is 4.79 Å². The Morgan fingerprint density at radius 2 is 2.04 bits per heavy atom. The van der Waals surface area contributed by atoms with Gasteiger partial charge >= 0.3 is 0 Å². The molecule has 0 aliphatic rings. The van der Waals surface area contributed by atoms with E-state index in [4.69, 9.17) is 16.3 Å². The fraction of sp³-hybridized carbons (Fsp3) is 0.238. The number of benzene rings is 2. The lowest BCUT2D eigenvalue weighted by atomic mass is 10.2. The molecule has 0 fully saturated rings. The van der Waals surface area contributed by atoms with E-state index in [2.05, 4.69) is 10.3 Å². The molecule has 0 atom stereocenters. The van der Waals surface area contributed by atoms with E-state index in [0.29, 0.717) is 23.9 Å². The minimum absolute atomic E-state index is 0.157. The Labute approximate surface area is 173 Å². The van der Waals surface area contributed by atoms with Gasteiger partial charge in [0.15, 0.2) is 0 Å². The zero-order chi connectivity index (χ0) is 19.9. The molecule has 0 radical (unpaired) electrons. The van der Waals surface area contributed by atoms with Crippen LogP contribution in [0.5, 0.6) is 5.75 Å². The van der Waals surface area contributed by atoms with Gasteiger partial charge in [-0.05, 0) is 32.3 Å². The minimum Gasteiger partial charge on any atom is -0.489 e. The van der Waals surface area contributed by atoms with Crippen molar-refractivity contribution in [1.29, 1.82) is 0 Å². The number of hydrogen-bond donors (Lipinski definition) is 1. The molecule has 1 aromatic heterocycles. The van der Waals surface area contributed by atoms with Crippen molar-refractivity contribution >= 4 is 28.8 Å². The molecule has 28 heavy (non-hydrogen) atoms. The maximum Gasteiger partial charge on any atom is 0.270 e. The van der Waals surface area contributed by atoms with Gasteiger partial charge in [-0.15, -0.1) is 11.3 Å². The molecule has 3 rings (SSSR count). The minimum atomic E-state index is -0.157. The van der Waals surface area contributed by atoms with Crippen molar-refractivity contribution in [1.82, 2.24) is 15.2 Å². The second-order valence-electron chi connectivity index (χ2n) is 6.50. The summed E-state index contributed by atoms with van der Waals surface area (Å²) in [5, 5.41) is 6.11. The summed E-state index contributed by atoms with van der Waals surface area (Å²) in [4.78, 5) is 18.7. The fourth-order valence-corrected chi connectivity index (χ4v) is 3.48. The third kappa shape index (κ3) is 5.55. The summed E-state index contributed by atoms with van der Waals surface area (Å²) in [6.45, 7) is 1.76. The lowest BCUT2D eigenvalue weighted by Crippen LogP contribution is -2.31. The number of halogens is 1. The first-order valence-electron chi connectivity index (χ1n) is 8.88. The number of amides is 1. The molecule has 1 N–H and O–H groups in total. The van der Waals surface area contributed by atoms with Crippen LogP contribution in [-0.2, 0) is 6.61 Å². The van der Waals surface area contributed by atoms with Crippen LogP contribution in [0.3, 0.4) is 0 Å². The number of rotatable bonds is 8. The Morgan fingerprint density at radius 1 is 1.21 bits per heavy atom. The van der Waals surface area contributed by atoms with Gasteiger partial charge in [0, 0.05) is 34.6 Å². The quantitative estimate of drug-likeness (QED) is 0.594. The molecule has 0 bridgehead atoms. The van der Waals surface area contributed by atoms with E-state index in [0.717, 1.165) is 28.4 Å². The molecular weight excluding hydrogens is 394 g/mol. The van der Waals surface area contributed by atoms with Crippen molar-refractivity contribution < 1.29 is 9.53 Å². The second-order valence-corrected chi connectivity index (χ2v) is 7.77. The van der Waals surface area contributed by atoms with E-state index < -0.39 is 0 Å². The van der Waals surface area contributed by atoms with Gasteiger partial charge in [0.05, 0.1) is 0 Å². The van der Waals surface area contributed by atoms with Crippen LogP contribution in [-0.4, -0.2) is 43.0 Å². The number of ether oxygens (including phenoxy) is 1. The number of nitrogens with zero attached hydrogens (tertiary/aromatic N) is 2. The largest absolute Gasteiger partial charge is 0.489 e. The molecule has 0 spiro atoms. The fourth-order valence-electron chi connectivity index (χ4n) is 2.49. The van der Waals surface area contributed by atoms with Gasteiger partial charge in [0.25, 0.3) is 5.91 Å². The second kappa shape index (κ2) is 9.68. The van der Waals surface area contributed by atoms with Crippen molar-refractivity contribution in [3.05, 3.63) is 70.2 Å². The van der Waals surface area contributed by atoms with Crippen molar-refractivity contribution in [3.8, 4) is 16.3 Å². The van der Waals surface area contributed by atoms with Crippen LogP contribution in [0.25, 0.3) is 10.6 Å². The summed E-state index contributed by atoms with van der Waals surface area (Å²) in [5.41, 5.74) is 2.27. The molecule has 0 unspecified atom stereocenters. The highest BCUT2D eigenvalue weighted by atomic mass is 35.5. The summed E-state index contributed by atoms with van der Waals surface area (Å²) in [5.74, 6) is 0.570. The highest BCUT2D eigenvalue weighted by Crippen LogP contribution is 2.28. The highest BCUT2D eigenvalue weighted by molar-refractivity contribution is 7.13. The summed E-state index contributed by atoms with van der Waals surface area (Å²) < 4.78 is 5.87. The monoisotopic (exact) mass is 415 g/mol. The molecule has 1 heterocycles. The van der Waals surface area contributed by atoms with E-state index in [-0.39, 0.29) is 5.91 Å². The maximum atomic E-state index is 12.2. The van der Waals surface area contributed by atoms with E-state index in [1.165, 1.54) is 11.3 Å². The van der Waals surface area contributed by atoms with Crippen LogP contribution < -0.4 is 10.1 Å². The number of likely N-dealkylation sites (N-methyl/N-ethyl adjacent to an activating group) is 1. The van der Waals surface area contributed by atoms with E-state index in [1.807, 2.05) is 67.5 Å². The van der Waals surface area contributed by atoms with Crippen LogP contribution in [0.15, 0.2) is 53.9 Å². The molecule has 7 heteroatoms. The summed E-state index contributed by atoms with van der Waals surface area (Å²) in [7, 11) is 3.93. The number of aromatic nitrogens is 1. The molecule has 0 aliphatic heterocycles. The first-order valence-corrected chi connectivity index (χ1v) is 10.1. The van der Waals surface area contributed by atoms with Gasteiger partial charge in [-0.25, -0.2) is 4.98 Å². The van der Waals surface area contributed by atoms with Gasteiger partial charge < -0.3 is 15.0 Å². The third-order valence-electron chi connectivity index (χ3n) is 4.01. The molecule has 3 aromatic rings. The molecule has 146 valence electrons. The summed E-state index contributed by atoms with van der Waals surface area (Å²) in [6, 6.07) is 15.3. The number of carbonyl (C=O) groups excluding carboxylic acids is 1. The molecule has 5 nitrogen and oxygen atoms in total. The predicted molar refractivity (Wildman–Crippen MR) is 114 cm³/mol. The van der Waals surface area contributed by atoms with Crippen LogP contribution >= 0.6 is 22.9 Å². The van der Waals surface area contributed by atoms with E-state index in [1.54, 1.807) is 5.38 Å². The standard InChI is InChI=1S/C21H22ClN3O2S/c1-25(2)11-10-23-20(26)19-14-28-21(24-19)15-7-5-8-17(12-15)27-13-16-6-3-4-9-18(16)22/h3-9,12,14H,10-11,13H2,1-2H3,(H,23,26). The molecule has 0 aliphatic carbocycles. The van der Waals surface area contributed by atoms with Gasteiger partial charge in [-0.2, -0.15) is 0 Å². The zero-order valence-electron chi connectivity index (χ0n) is 15.8. The average Bonchev–Trinajstić information content (AvgIpc) is 3.18. The molecule has 1 amide bonds. The van der Waals surface area contributed by atoms with Crippen LogP contribution in [0.1, 0.15) is 16.1 Å². The Balaban J connectivity index is 1.65. The van der Waals surface area contributed by atoms with Gasteiger partial charge in [-0.1, -0.05) is 41.9 Å². The van der Waals surface area contributed by atoms with Crippen molar-refractivity contribution in [3.63, 3.8) is 0 Å². The van der Waals surface area contributed by atoms with Gasteiger partial charge in [0.2, 0.25) is 0 Å². The molecule has 0 saturated carbocycles. The normalized spacial score (nSPS) is 10.9. The van der Waals surface area contributed by atoms with Crippen LogP contribution in [0.4, 0.5) is 0 Å². The number of thiazole rings is 1. The van der Waals surface area contributed by atoms with Crippen molar-refractivity contribution in [2.24, 2.45) is 0 Å². The lowest BCUT2D eigenvalue weighted by Gasteiger charge is -2.09. The third-order valence-corrected chi connectivity index (χ3v) is 5.27. The Kier molecular flexibility index (Phi) is 7.03. The SMILES string of the molecule is CN(C)CCNC(=O)c1csc(-c2cccc(OCc3ccccc3Cl)c2)n1. The van der Waals surface area contributed by atoms with Crippen molar-refractivity contribution in [2.45, 2.75) is 6.61 Å². The van der Waals surface area contributed by atoms with Crippen molar-refractivity contribution in [2.75, 3.05) is 27.2 Å². The van der Waals surface area contributed by atoms with E-state index >= 15 is 0 Å². The smallest absolute Gasteiger partial charge is 0.270 e. The molecule has 2 aromatic carbocycles. The summed E-state index contributed by atoms with van der Waals surface area (Å²) >= 11 is 7.61. The Morgan fingerprint density at radius 3 is 2.82 bits per heavy atom. The van der Waals surface area contributed by atoms with E-state index in [9.17, 15) is 4.79 Å². The number of nitrogens with one attached hydrogen (secondary N) is 1. The average molecular weight is 416 g/mol. The predicted octanol–water partition coefficient (Wildman–Crippen LogP) is 4.33. The van der Waals surface area contributed by atoms with Gasteiger partial charge in [0.1, 0.15) is 23.1 Å². The number of carbonyl (C=O) groups is 1. The Bertz CT molecular complexity index is 943.